The summed E-state index contributed by atoms with van der Waals surface area (Å²) >= 11 is 10.1. The molecular formula is C16H18BrClO. The van der Waals surface area contributed by atoms with Crippen LogP contribution in [0.2, 0.25) is 5.02 Å². The quantitative estimate of drug-likeness (QED) is 0.697. The summed E-state index contributed by atoms with van der Waals surface area (Å²) in [5.41, 5.74) is 1.23. The highest BCUT2D eigenvalue weighted by Gasteiger charge is 2.66. The molecule has 2 bridgehead atoms. The van der Waals surface area contributed by atoms with Gasteiger partial charge >= 0.3 is 0 Å². The molecule has 4 rings (SSSR count). The van der Waals surface area contributed by atoms with Crippen LogP contribution in [-0.2, 0) is 0 Å². The van der Waals surface area contributed by atoms with Crippen LogP contribution in [-0.4, -0.2) is 7.11 Å². The summed E-state index contributed by atoms with van der Waals surface area (Å²) in [5.74, 6) is 5.70. The Morgan fingerprint density at radius 2 is 1.95 bits per heavy atom. The summed E-state index contributed by atoms with van der Waals surface area (Å²) in [5, 5.41) is 0.800. The molecule has 0 heterocycles. The molecule has 3 aliphatic carbocycles. The molecule has 19 heavy (non-hydrogen) atoms. The van der Waals surface area contributed by atoms with Gasteiger partial charge in [0.15, 0.2) is 0 Å². The minimum Gasteiger partial charge on any atom is -0.496 e. The van der Waals surface area contributed by atoms with Crippen LogP contribution in [0.1, 0.15) is 29.7 Å². The van der Waals surface area contributed by atoms with E-state index in [1.807, 2.05) is 12.1 Å². The molecule has 1 aromatic rings. The van der Waals surface area contributed by atoms with E-state index >= 15 is 0 Å². The third-order valence-corrected chi connectivity index (χ3v) is 6.96. The van der Waals surface area contributed by atoms with E-state index in [9.17, 15) is 0 Å². The maximum absolute atomic E-state index is 6.16. The van der Waals surface area contributed by atoms with Crippen molar-refractivity contribution in [2.45, 2.75) is 24.1 Å². The first-order valence-corrected chi connectivity index (χ1v) is 8.47. The van der Waals surface area contributed by atoms with Crippen molar-refractivity contribution in [1.82, 2.24) is 0 Å². The number of alkyl halides is 1. The monoisotopic (exact) mass is 340 g/mol. The summed E-state index contributed by atoms with van der Waals surface area (Å²) in [4.78, 5) is 0.402. The normalized spacial score (nSPS) is 40.1. The molecule has 0 saturated heterocycles. The van der Waals surface area contributed by atoms with Crippen molar-refractivity contribution in [3.8, 4) is 5.75 Å². The predicted molar refractivity (Wildman–Crippen MR) is 81.0 cm³/mol. The topological polar surface area (TPSA) is 9.23 Å². The Kier molecular flexibility index (Phi) is 2.90. The Labute approximate surface area is 127 Å². The molecule has 3 heteroatoms. The highest BCUT2D eigenvalue weighted by atomic mass is 79.9. The highest BCUT2D eigenvalue weighted by Crippen LogP contribution is 2.73. The van der Waals surface area contributed by atoms with Gasteiger partial charge in [0.1, 0.15) is 5.75 Å². The van der Waals surface area contributed by atoms with Gasteiger partial charge in [-0.05, 0) is 67.1 Å². The molecule has 0 N–H and O–H groups in total. The third kappa shape index (κ3) is 1.79. The number of ether oxygens (including phenoxy) is 1. The second-order valence-electron chi connectivity index (χ2n) is 6.35. The van der Waals surface area contributed by atoms with Gasteiger partial charge in [0.05, 0.1) is 7.11 Å². The van der Waals surface area contributed by atoms with E-state index < -0.39 is 0 Å². The molecule has 3 aliphatic rings. The van der Waals surface area contributed by atoms with E-state index in [1.165, 1.54) is 24.8 Å². The smallest absolute Gasteiger partial charge is 0.123 e. The zero-order valence-electron chi connectivity index (χ0n) is 11.0. The molecular weight excluding hydrogens is 324 g/mol. The first-order chi connectivity index (χ1) is 9.20. The lowest BCUT2D eigenvalue weighted by atomic mass is 9.97. The third-order valence-electron chi connectivity index (χ3n) is 5.62. The molecule has 1 nitrogen and oxygen atoms in total. The van der Waals surface area contributed by atoms with Crippen molar-refractivity contribution in [2.75, 3.05) is 7.11 Å². The van der Waals surface area contributed by atoms with Gasteiger partial charge < -0.3 is 4.74 Å². The zero-order valence-corrected chi connectivity index (χ0v) is 13.3. The number of methoxy groups -OCH3 is 1. The van der Waals surface area contributed by atoms with Gasteiger partial charge in [0.25, 0.3) is 0 Å². The fourth-order valence-corrected chi connectivity index (χ4v) is 6.16. The lowest BCUT2D eigenvalue weighted by Gasteiger charge is -2.18. The van der Waals surface area contributed by atoms with Crippen molar-refractivity contribution < 1.29 is 4.74 Å². The Bertz CT molecular complexity index is 501. The maximum atomic E-state index is 6.16. The van der Waals surface area contributed by atoms with Crippen LogP contribution in [0.4, 0.5) is 0 Å². The lowest BCUT2D eigenvalue weighted by molar-refractivity contribution is 0.402. The zero-order chi connectivity index (χ0) is 13.1. The molecule has 3 saturated carbocycles. The number of hydrogen-bond donors (Lipinski definition) is 0. The highest BCUT2D eigenvalue weighted by molar-refractivity contribution is 9.09. The van der Waals surface area contributed by atoms with Crippen LogP contribution < -0.4 is 4.74 Å². The first-order valence-electron chi connectivity index (χ1n) is 7.18. The fourth-order valence-electron chi connectivity index (χ4n) is 4.91. The fraction of sp³-hybridized carbons (Fsp3) is 0.625. The van der Waals surface area contributed by atoms with E-state index in [4.69, 9.17) is 16.3 Å². The van der Waals surface area contributed by atoms with Gasteiger partial charge in [0, 0.05) is 15.4 Å². The van der Waals surface area contributed by atoms with Crippen LogP contribution >= 0.6 is 27.5 Å². The molecule has 102 valence electrons. The van der Waals surface area contributed by atoms with Crippen LogP contribution in [0.5, 0.6) is 5.75 Å². The molecule has 0 amide bonds. The van der Waals surface area contributed by atoms with Crippen LogP contribution in [0.25, 0.3) is 0 Å². The van der Waals surface area contributed by atoms with Gasteiger partial charge in [-0.1, -0.05) is 27.5 Å². The van der Waals surface area contributed by atoms with E-state index in [0.29, 0.717) is 4.83 Å². The van der Waals surface area contributed by atoms with Crippen LogP contribution in [0, 0.1) is 29.6 Å². The molecule has 0 aliphatic heterocycles. The SMILES string of the molecule is COc1ccc(Cl)cc1C(Br)C1C2C3CCC(C3)C21. The second kappa shape index (κ2) is 4.39. The van der Waals surface area contributed by atoms with Crippen molar-refractivity contribution in [1.29, 1.82) is 0 Å². The summed E-state index contributed by atoms with van der Waals surface area (Å²) in [6, 6.07) is 5.95. The number of fused-ring (bicyclic) bond motifs is 5. The van der Waals surface area contributed by atoms with Crippen molar-refractivity contribution in [3.05, 3.63) is 28.8 Å². The number of hydrogen-bond acceptors (Lipinski definition) is 1. The Hall–Kier alpha value is -0.210. The Morgan fingerprint density at radius 1 is 1.26 bits per heavy atom. The van der Waals surface area contributed by atoms with E-state index in [-0.39, 0.29) is 0 Å². The summed E-state index contributed by atoms with van der Waals surface area (Å²) < 4.78 is 5.50. The molecule has 3 fully saturated rings. The average molecular weight is 342 g/mol. The molecule has 5 atom stereocenters. The largest absolute Gasteiger partial charge is 0.496 e. The predicted octanol–water partition coefficient (Wildman–Crippen LogP) is 5.08. The van der Waals surface area contributed by atoms with Crippen LogP contribution in [0.3, 0.4) is 0 Å². The molecule has 0 spiro atoms. The van der Waals surface area contributed by atoms with Gasteiger partial charge in [0.2, 0.25) is 0 Å². The van der Waals surface area contributed by atoms with Crippen molar-refractivity contribution in [2.24, 2.45) is 29.6 Å². The molecule has 1 aromatic carbocycles. The van der Waals surface area contributed by atoms with Crippen LogP contribution in [0.15, 0.2) is 18.2 Å². The molecule has 5 unspecified atom stereocenters. The lowest BCUT2D eigenvalue weighted by Crippen LogP contribution is -2.05. The van der Waals surface area contributed by atoms with Gasteiger partial charge in [-0.25, -0.2) is 0 Å². The van der Waals surface area contributed by atoms with E-state index in [1.54, 1.807) is 7.11 Å². The average Bonchev–Trinajstić information content (AvgIpc) is 2.85. The van der Waals surface area contributed by atoms with E-state index in [0.717, 1.165) is 40.4 Å². The Balaban J connectivity index is 1.62. The second-order valence-corrected chi connectivity index (χ2v) is 7.78. The molecule has 0 aromatic heterocycles. The summed E-state index contributed by atoms with van der Waals surface area (Å²) in [7, 11) is 1.74. The standard InChI is InChI=1S/C16H18BrClO/c1-19-12-5-4-10(18)7-11(12)16(17)15-13-8-2-3-9(6-8)14(13)15/h4-5,7-9,13-16H,2-3,6H2,1H3. The summed E-state index contributed by atoms with van der Waals surface area (Å²) in [6.45, 7) is 0. The number of rotatable bonds is 3. The van der Waals surface area contributed by atoms with Crippen molar-refractivity contribution in [3.63, 3.8) is 0 Å². The minimum absolute atomic E-state index is 0.402. The first kappa shape index (κ1) is 12.5. The van der Waals surface area contributed by atoms with E-state index in [2.05, 4.69) is 22.0 Å². The summed E-state index contributed by atoms with van der Waals surface area (Å²) in [6.07, 6.45) is 4.43. The minimum atomic E-state index is 0.402. The molecule has 0 radical (unpaired) electrons. The Morgan fingerprint density at radius 3 is 2.58 bits per heavy atom. The van der Waals surface area contributed by atoms with Crippen molar-refractivity contribution >= 4 is 27.5 Å². The maximum Gasteiger partial charge on any atom is 0.123 e. The van der Waals surface area contributed by atoms with Gasteiger partial charge in [-0.15, -0.1) is 0 Å². The van der Waals surface area contributed by atoms with Gasteiger partial charge in [-0.3, -0.25) is 0 Å². The van der Waals surface area contributed by atoms with Gasteiger partial charge in [-0.2, -0.15) is 0 Å². The number of benzene rings is 1. The number of halogens is 2.